The summed E-state index contributed by atoms with van der Waals surface area (Å²) in [7, 11) is 0. The Morgan fingerprint density at radius 1 is 0.673 bits per heavy atom. The molecule has 0 aliphatic carbocycles. The topological polar surface area (TPSA) is 143 Å². The van der Waals surface area contributed by atoms with Gasteiger partial charge in [-0.3, -0.25) is 14.4 Å². The summed E-state index contributed by atoms with van der Waals surface area (Å²) in [6.45, 7) is 3.02. The van der Waals surface area contributed by atoms with Crippen molar-refractivity contribution in [2.24, 2.45) is 0 Å². The molecule has 256 valence electrons. The maximum Gasteiger partial charge on any atom is 0.326 e. The zero-order chi connectivity index (χ0) is 34.8. The standard InChI is InChI=1S/C39H43N3O7/c1-2-3-4-5-9-24-49-34-22-20-33(21-23-34)41-37(44)30-14-12-28(13-15-30)25-35(39(46)47)42-38(45)31-16-18-32(19-17-31)40-36(43)27-48-26-29-10-7-6-8-11-29/h6-8,10-23,35H,2-5,9,24-27H2,1H3,(H,40,43)(H,41,44)(H,42,45)(H,46,47). The highest BCUT2D eigenvalue weighted by Gasteiger charge is 2.21. The van der Waals surface area contributed by atoms with Crippen LogP contribution in [0.25, 0.3) is 0 Å². The van der Waals surface area contributed by atoms with Gasteiger partial charge in [-0.05, 0) is 78.2 Å². The SMILES string of the molecule is CCCCCCCOc1ccc(NC(=O)c2ccc(CC(NC(=O)c3ccc(NC(=O)COCc4ccccc4)cc3)C(=O)O)cc2)cc1. The van der Waals surface area contributed by atoms with Gasteiger partial charge in [0.1, 0.15) is 18.4 Å². The molecule has 0 saturated heterocycles. The van der Waals surface area contributed by atoms with E-state index >= 15 is 0 Å². The molecular formula is C39H43N3O7. The van der Waals surface area contributed by atoms with E-state index in [4.69, 9.17) is 9.47 Å². The number of unbranched alkanes of at least 4 members (excludes halogenated alkanes) is 4. The molecule has 4 aromatic carbocycles. The Kier molecular flexibility index (Phi) is 14.4. The van der Waals surface area contributed by atoms with Crippen LogP contribution in [0.1, 0.15) is 70.9 Å². The van der Waals surface area contributed by atoms with E-state index < -0.39 is 17.9 Å². The third kappa shape index (κ3) is 12.6. The van der Waals surface area contributed by atoms with Gasteiger partial charge in [0.2, 0.25) is 5.91 Å². The monoisotopic (exact) mass is 665 g/mol. The highest BCUT2D eigenvalue weighted by atomic mass is 16.5. The van der Waals surface area contributed by atoms with Gasteiger partial charge in [-0.25, -0.2) is 4.79 Å². The summed E-state index contributed by atoms with van der Waals surface area (Å²) in [6, 6.07) is 28.2. The lowest BCUT2D eigenvalue weighted by Gasteiger charge is -2.15. The minimum atomic E-state index is -1.20. The molecule has 3 amide bonds. The van der Waals surface area contributed by atoms with Crippen LogP contribution < -0.4 is 20.7 Å². The molecule has 0 saturated carbocycles. The largest absolute Gasteiger partial charge is 0.494 e. The van der Waals surface area contributed by atoms with Crippen molar-refractivity contribution in [1.29, 1.82) is 0 Å². The number of nitrogens with one attached hydrogen (secondary N) is 3. The van der Waals surface area contributed by atoms with Gasteiger partial charge in [-0.1, -0.05) is 75.1 Å². The number of aliphatic carboxylic acids is 1. The normalized spacial score (nSPS) is 11.3. The number of carboxylic acids is 1. The smallest absolute Gasteiger partial charge is 0.326 e. The molecule has 1 atom stereocenters. The molecule has 0 aliphatic heterocycles. The minimum absolute atomic E-state index is 0.0140. The van der Waals surface area contributed by atoms with Gasteiger partial charge in [0.25, 0.3) is 11.8 Å². The number of anilines is 2. The fraction of sp³-hybridized carbons (Fsp3) is 0.282. The van der Waals surface area contributed by atoms with Crippen LogP contribution >= 0.6 is 0 Å². The summed E-state index contributed by atoms with van der Waals surface area (Å²) in [5.74, 6) is -1.67. The van der Waals surface area contributed by atoms with Crippen LogP contribution in [-0.2, 0) is 27.4 Å². The van der Waals surface area contributed by atoms with E-state index in [1.54, 1.807) is 48.5 Å². The van der Waals surface area contributed by atoms with E-state index in [1.165, 1.54) is 31.4 Å². The molecule has 10 heteroatoms. The van der Waals surface area contributed by atoms with Crippen LogP contribution in [0.2, 0.25) is 0 Å². The van der Waals surface area contributed by atoms with E-state index in [9.17, 15) is 24.3 Å². The van der Waals surface area contributed by atoms with Crippen LogP contribution in [-0.4, -0.2) is 48.1 Å². The average Bonchev–Trinajstić information content (AvgIpc) is 3.11. The first kappa shape index (κ1) is 36.4. The number of hydrogen-bond acceptors (Lipinski definition) is 6. The number of hydrogen-bond donors (Lipinski definition) is 4. The lowest BCUT2D eigenvalue weighted by Crippen LogP contribution is -2.42. The van der Waals surface area contributed by atoms with Gasteiger partial charge in [-0.15, -0.1) is 0 Å². The Bertz CT molecular complexity index is 1640. The second-order valence-electron chi connectivity index (χ2n) is 11.6. The number of benzene rings is 4. The number of amides is 3. The highest BCUT2D eigenvalue weighted by Crippen LogP contribution is 2.18. The zero-order valence-electron chi connectivity index (χ0n) is 27.7. The number of carbonyl (C=O) groups excluding carboxylic acids is 3. The second kappa shape index (κ2) is 19.4. The Balaban J connectivity index is 1.22. The van der Waals surface area contributed by atoms with Gasteiger partial charge in [0, 0.05) is 28.9 Å². The molecule has 1 unspecified atom stereocenters. The number of carbonyl (C=O) groups is 4. The Morgan fingerprint density at radius 3 is 1.96 bits per heavy atom. The number of ether oxygens (including phenoxy) is 2. The predicted molar refractivity (Wildman–Crippen MR) is 189 cm³/mol. The summed E-state index contributed by atoms with van der Waals surface area (Å²) in [5.41, 5.74) is 3.32. The molecule has 0 aromatic heterocycles. The molecule has 49 heavy (non-hydrogen) atoms. The van der Waals surface area contributed by atoms with E-state index in [1.807, 2.05) is 42.5 Å². The molecule has 0 spiro atoms. The molecule has 0 aliphatic rings. The summed E-state index contributed by atoms with van der Waals surface area (Å²) < 4.78 is 11.2. The predicted octanol–water partition coefficient (Wildman–Crippen LogP) is 6.87. The lowest BCUT2D eigenvalue weighted by atomic mass is 10.0. The second-order valence-corrected chi connectivity index (χ2v) is 11.6. The molecule has 0 radical (unpaired) electrons. The van der Waals surface area contributed by atoms with Crippen molar-refractivity contribution < 1.29 is 33.8 Å². The van der Waals surface area contributed by atoms with Crippen LogP contribution in [0, 0.1) is 0 Å². The summed E-state index contributed by atoms with van der Waals surface area (Å²) in [5, 5.41) is 17.9. The van der Waals surface area contributed by atoms with Crippen LogP contribution in [0.15, 0.2) is 103 Å². The molecule has 4 aromatic rings. The first-order valence-corrected chi connectivity index (χ1v) is 16.5. The fourth-order valence-electron chi connectivity index (χ4n) is 4.94. The molecule has 4 rings (SSSR count). The van der Waals surface area contributed by atoms with Gasteiger partial charge in [0.15, 0.2) is 0 Å². The Labute approximate surface area is 286 Å². The third-order valence-electron chi connectivity index (χ3n) is 7.66. The van der Waals surface area contributed by atoms with Gasteiger partial charge >= 0.3 is 5.97 Å². The highest BCUT2D eigenvalue weighted by molar-refractivity contribution is 6.04. The lowest BCUT2D eigenvalue weighted by molar-refractivity contribution is -0.139. The zero-order valence-corrected chi connectivity index (χ0v) is 27.7. The first-order valence-electron chi connectivity index (χ1n) is 16.5. The Hall–Kier alpha value is -5.48. The number of carboxylic acid groups (broad SMARTS) is 1. The Morgan fingerprint density at radius 2 is 1.29 bits per heavy atom. The third-order valence-corrected chi connectivity index (χ3v) is 7.66. The van der Waals surface area contributed by atoms with Crippen LogP contribution in [0.5, 0.6) is 5.75 Å². The van der Waals surface area contributed by atoms with Crippen molar-refractivity contribution in [1.82, 2.24) is 5.32 Å². The van der Waals surface area contributed by atoms with Crippen molar-refractivity contribution >= 4 is 35.1 Å². The quantitative estimate of drug-likeness (QED) is 0.0801. The van der Waals surface area contributed by atoms with Crippen molar-refractivity contribution in [3.8, 4) is 5.75 Å². The van der Waals surface area contributed by atoms with Crippen molar-refractivity contribution in [2.75, 3.05) is 23.8 Å². The molecule has 0 fully saturated rings. The average molecular weight is 666 g/mol. The van der Waals surface area contributed by atoms with Gasteiger partial charge in [0.05, 0.1) is 13.2 Å². The fourth-order valence-corrected chi connectivity index (χ4v) is 4.94. The summed E-state index contributed by atoms with van der Waals surface area (Å²) in [6.07, 6.45) is 5.84. The molecule has 10 nitrogen and oxygen atoms in total. The molecular weight excluding hydrogens is 622 g/mol. The van der Waals surface area contributed by atoms with Crippen LogP contribution in [0.3, 0.4) is 0 Å². The maximum absolute atomic E-state index is 12.9. The molecule has 0 heterocycles. The van der Waals surface area contributed by atoms with E-state index in [2.05, 4.69) is 22.9 Å². The van der Waals surface area contributed by atoms with Crippen LogP contribution in [0.4, 0.5) is 11.4 Å². The van der Waals surface area contributed by atoms with Crippen molar-refractivity contribution in [3.63, 3.8) is 0 Å². The van der Waals surface area contributed by atoms with Crippen molar-refractivity contribution in [2.45, 2.75) is 58.1 Å². The minimum Gasteiger partial charge on any atom is -0.494 e. The number of rotatable bonds is 19. The van der Waals surface area contributed by atoms with Crippen molar-refractivity contribution in [3.05, 3.63) is 125 Å². The maximum atomic E-state index is 12.9. The van der Waals surface area contributed by atoms with E-state index in [0.29, 0.717) is 35.7 Å². The van der Waals surface area contributed by atoms with E-state index in [-0.39, 0.29) is 30.4 Å². The molecule has 0 bridgehead atoms. The summed E-state index contributed by atoms with van der Waals surface area (Å²) >= 11 is 0. The summed E-state index contributed by atoms with van der Waals surface area (Å²) in [4.78, 5) is 49.9. The van der Waals surface area contributed by atoms with Gasteiger partial charge in [-0.2, -0.15) is 0 Å². The first-order chi connectivity index (χ1) is 23.8. The van der Waals surface area contributed by atoms with E-state index in [0.717, 1.165) is 24.2 Å². The molecule has 4 N–H and O–H groups in total. The van der Waals surface area contributed by atoms with Gasteiger partial charge < -0.3 is 30.5 Å².